The highest BCUT2D eigenvalue weighted by atomic mass is 35.5. The highest BCUT2D eigenvalue weighted by molar-refractivity contribution is 6.33. The van der Waals surface area contributed by atoms with Crippen LogP contribution in [0, 0.1) is 13.8 Å². The molecule has 0 radical (unpaired) electrons. The van der Waals surface area contributed by atoms with Crippen LogP contribution in [-0.2, 0) is 24.8 Å². The number of rotatable bonds is 6. The summed E-state index contributed by atoms with van der Waals surface area (Å²) in [6.07, 6.45) is 1.89. The molecule has 1 N–H and O–H groups in total. The van der Waals surface area contributed by atoms with E-state index in [2.05, 4.69) is 54.7 Å². The van der Waals surface area contributed by atoms with E-state index in [1.165, 1.54) is 28.1 Å². The van der Waals surface area contributed by atoms with Gasteiger partial charge in [0.15, 0.2) is 5.82 Å². The van der Waals surface area contributed by atoms with Gasteiger partial charge in [-0.15, -0.1) is 0 Å². The third-order valence-electron chi connectivity index (χ3n) is 5.96. The van der Waals surface area contributed by atoms with Crippen molar-refractivity contribution in [1.82, 2.24) is 14.8 Å². The fraction of sp³-hybridized carbons (Fsp3) is 0.423. The number of hydrogen-bond donors (Lipinski definition) is 1. The number of aliphatic carboxylic acids is 1. The Balaban J connectivity index is 0.000000479. The molecule has 200 valence electrons. The van der Waals surface area contributed by atoms with Crippen molar-refractivity contribution in [2.45, 2.75) is 52.8 Å². The molecule has 0 saturated heterocycles. The number of fused-ring (bicyclic) bond motifs is 1. The second kappa shape index (κ2) is 11.9. The second-order valence-corrected chi connectivity index (χ2v) is 9.41. The molecule has 11 heteroatoms. The predicted molar refractivity (Wildman–Crippen MR) is 139 cm³/mol. The van der Waals surface area contributed by atoms with Crippen molar-refractivity contribution in [3.8, 4) is 0 Å². The van der Waals surface area contributed by atoms with E-state index in [0.29, 0.717) is 0 Å². The van der Waals surface area contributed by atoms with Crippen LogP contribution in [0.4, 0.5) is 30.5 Å². The minimum Gasteiger partial charge on any atom is -0.475 e. The van der Waals surface area contributed by atoms with Crippen LogP contribution in [0.25, 0.3) is 0 Å². The molecule has 3 aromatic rings. The summed E-state index contributed by atoms with van der Waals surface area (Å²) < 4.78 is 33.8. The molecule has 1 aliphatic heterocycles. The summed E-state index contributed by atoms with van der Waals surface area (Å²) in [4.78, 5) is 17.9. The van der Waals surface area contributed by atoms with Crippen molar-refractivity contribution in [3.05, 3.63) is 63.9 Å². The van der Waals surface area contributed by atoms with Gasteiger partial charge in [-0.25, -0.2) is 4.79 Å². The summed E-state index contributed by atoms with van der Waals surface area (Å²) in [6, 6.07) is 8.39. The molecule has 0 bridgehead atoms. The average molecular weight is 538 g/mol. The summed E-state index contributed by atoms with van der Waals surface area (Å²) in [5.41, 5.74) is 6.00. The molecule has 0 unspecified atom stereocenters. The molecule has 0 saturated carbocycles. The Hall–Kier alpha value is -3.27. The molecule has 0 fully saturated rings. The Kier molecular flexibility index (Phi) is 9.07. The lowest BCUT2D eigenvalue weighted by molar-refractivity contribution is -0.192. The van der Waals surface area contributed by atoms with E-state index in [-0.39, 0.29) is 0 Å². The molecule has 1 aromatic carbocycles. The number of carbonyl (C=O) groups is 1. The van der Waals surface area contributed by atoms with Crippen LogP contribution in [0.1, 0.15) is 42.0 Å². The molecule has 0 amide bonds. The largest absolute Gasteiger partial charge is 0.490 e. The molecule has 37 heavy (non-hydrogen) atoms. The molecular formula is C26H31ClF3N5O2. The molecule has 0 aliphatic carbocycles. The topological polar surface area (TPSA) is 74.5 Å². The van der Waals surface area contributed by atoms with Gasteiger partial charge in [-0.3, -0.25) is 9.67 Å². The van der Waals surface area contributed by atoms with E-state index in [0.717, 1.165) is 55.4 Å². The van der Waals surface area contributed by atoms with E-state index >= 15 is 0 Å². The van der Waals surface area contributed by atoms with Crippen molar-refractivity contribution >= 4 is 34.9 Å². The number of benzene rings is 1. The van der Waals surface area contributed by atoms with E-state index in [9.17, 15) is 13.2 Å². The molecule has 0 spiro atoms. The van der Waals surface area contributed by atoms with E-state index < -0.39 is 12.1 Å². The van der Waals surface area contributed by atoms with Crippen LogP contribution >= 0.6 is 11.6 Å². The first-order valence-corrected chi connectivity index (χ1v) is 12.4. The molecule has 4 rings (SSSR count). The van der Waals surface area contributed by atoms with Gasteiger partial charge in [-0.2, -0.15) is 18.3 Å². The third-order valence-corrected chi connectivity index (χ3v) is 6.24. The normalized spacial score (nSPS) is 13.0. The highest BCUT2D eigenvalue weighted by Crippen LogP contribution is 2.42. The number of aryl methyl sites for hydroxylation is 3. The van der Waals surface area contributed by atoms with Crippen LogP contribution in [0.15, 0.2) is 36.7 Å². The number of carboxylic acid groups (broad SMARTS) is 1. The maximum Gasteiger partial charge on any atom is 0.490 e. The van der Waals surface area contributed by atoms with Gasteiger partial charge in [0.25, 0.3) is 0 Å². The van der Waals surface area contributed by atoms with Crippen molar-refractivity contribution in [2.24, 2.45) is 7.05 Å². The Morgan fingerprint density at radius 1 is 1.27 bits per heavy atom. The smallest absolute Gasteiger partial charge is 0.475 e. The zero-order valence-electron chi connectivity index (χ0n) is 21.3. The fourth-order valence-corrected chi connectivity index (χ4v) is 5.03. The van der Waals surface area contributed by atoms with Crippen LogP contribution in [0.3, 0.4) is 0 Å². The summed E-state index contributed by atoms with van der Waals surface area (Å²) in [5, 5.41) is 12.9. The third kappa shape index (κ3) is 6.74. The average Bonchev–Trinajstić information content (AvgIpc) is 3.15. The quantitative estimate of drug-likeness (QED) is 0.402. The van der Waals surface area contributed by atoms with Crippen LogP contribution in [-0.4, -0.2) is 45.1 Å². The zero-order chi connectivity index (χ0) is 27.3. The summed E-state index contributed by atoms with van der Waals surface area (Å²) in [7, 11) is 2.06. The van der Waals surface area contributed by atoms with Gasteiger partial charge in [0, 0.05) is 44.6 Å². The Morgan fingerprint density at radius 3 is 2.54 bits per heavy atom. The number of hydrogen-bond acceptors (Lipinski definition) is 5. The number of anilines is 3. The lowest BCUT2D eigenvalue weighted by Gasteiger charge is -2.31. The molecule has 0 atom stereocenters. The molecule has 1 aliphatic rings. The first kappa shape index (κ1) is 28.3. The van der Waals surface area contributed by atoms with Crippen LogP contribution < -0.4 is 9.80 Å². The van der Waals surface area contributed by atoms with Gasteiger partial charge in [-0.1, -0.05) is 30.7 Å². The number of halogens is 4. The Labute approximate surface area is 219 Å². The summed E-state index contributed by atoms with van der Waals surface area (Å²) >= 11 is 6.71. The van der Waals surface area contributed by atoms with Gasteiger partial charge in [0.2, 0.25) is 0 Å². The van der Waals surface area contributed by atoms with E-state index in [1.807, 2.05) is 29.2 Å². The van der Waals surface area contributed by atoms with Gasteiger partial charge >= 0.3 is 12.1 Å². The fourth-order valence-electron chi connectivity index (χ4n) is 4.61. The first-order valence-electron chi connectivity index (χ1n) is 12.0. The van der Waals surface area contributed by atoms with Gasteiger partial charge < -0.3 is 14.9 Å². The maximum absolute atomic E-state index is 10.6. The number of nitrogens with zero attached hydrogens (tertiary/aromatic N) is 5. The number of carboxylic acids is 1. The SMILES string of the molecule is CCCN(Cc1cccnc1)c1c2c(nn1C)N(c1c(C)cc(C)cc1Cl)CCC2.O=C(O)C(F)(F)F. The van der Waals surface area contributed by atoms with Crippen molar-refractivity contribution in [2.75, 3.05) is 22.9 Å². The molecule has 2 aromatic heterocycles. The second-order valence-electron chi connectivity index (χ2n) is 9.00. The maximum atomic E-state index is 10.6. The Bertz CT molecular complexity index is 1210. The zero-order valence-corrected chi connectivity index (χ0v) is 22.1. The van der Waals surface area contributed by atoms with E-state index in [1.54, 1.807) is 0 Å². The van der Waals surface area contributed by atoms with Crippen LogP contribution in [0.5, 0.6) is 0 Å². The number of pyridine rings is 1. The molecular weight excluding hydrogens is 507 g/mol. The summed E-state index contributed by atoms with van der Waals surface area (Å²) in [6.45, 7) is 9.19. The minimum absolute atomic E-state index is 0.799. The van der Waals surface area contributed by atoms with Gasteiger partial charge in [-0.05, 0) is 61.9 Å². The molecule has 7 nitrogen and oxygen atoms in total. The standard InChI is InChI=1S/C24H30ClN5.C2HF3O2/c1-5-11-29(16-19-8-6-10-26-15-19)24-20-9-7-12-30(23(20)27-28(24)4)22-18(3)13-17(2)14-21(22)25;3-2(4,5)1(6)7/h6,8,10,13-15H,5,7,9,11-12,16H2,1-4H3;(H,6,7). The lowest BCUT2D eigenvalue weighted by Crippen LogP contribution is -2.28. The van der Waals surface area contributed by atoms with E-state index in [4.69, 9.17) is 26.6 Å². The van der Waals surface area contributed by atoms with Crippen molar-refractivity contribution < 1.29 is 23.1 Å². The monoisotopic (exact) mass is 537 g/mol. The predicted octanol–water partition coefficient (Wildman–Crippen LogP) is 6.22. The number of alkyl halides is 3. The number of aromatic nitrogens is 3. The first-order chi connectivity index (χ1) is 17.4. The van der Waals surface area contributed by atoms with Crippen LogP contribution in [0.2, 0.25) is 5.02 Å². The van der Waals surface area contributed by atoms with Gasteiger partial charge in [0.1, 0.15) is 5.82 Å². The highest BCUT2D eigenvalue weighted by Gasteiger charge is 2.38. The molecule has 3 heterocycles. The van der Waals surface area contributed by atoms with Crippen molar-refractivity contribution in [1.29, 1.82) is 0 Å². The van der Waals surface area contributed by atoms with Crippen molar-refractivity contribution in [3.63, 3.8) is 0 Å². The Morgan fingerprint density at radius 2 is 1.97 bits per heavy atom. The summed E-state index contributed by atoms with van der Waals surface area (Å²) in [5.74, 6) is -0.506. The lowest BCUT2D eigenvalue weighted by atomic mass is 10.0. The van der Waals surface area contributed by atoms with Gasteiger partial charge in [0.05, 0.1) is 10.7 Å². The minimum atomic E-state index is -5.08.